The van der Waals surface area contributed by atoms with Gasteiger partial charge in [0.15, 0.2) is 0 Å². The van der Waals surface area contributed by atoms with Crippen LogP contribution in [0.5, 0.6) is 0 Å². The van der Waals surface area contributed by atoms with Crippen molar-refractivity contribution in [2.24, 2.45) is 0 Å². The summed E-state index contributed by atoms with van der Waals surface area (Å²) in [6, 6.07) is 10.2. The van der Waals surface area contributed by atoms with Gasteiger partial charge in [0.25, 0.3) is 5.91 Å². The van der Waals surface area contributed by atoms with Gasteiger partial charge in [0.05, 0.1) is 11.5 Å². The number of thioether (sulfide) groups is 1. The second-order valence-corrected chi connectivity index (χ2v) is 8.21. The molecule has 29 heavy (non-hydrogen) atoms. The van der Waals surface area contributed by atoms with Crippen molar-refractivity contribution in [1.82, 2.24) is 25.1 Å². The molecule has 2 amide bonds. The van der Waals surface area contributed by atoms with Gasteiger partial charge >= 0.3 is 0 Å². The monoisotopic (exact) mass is 431 g/mol. The van der Waals surface area contributed by atoms with Gasteiger partial charge < -0.3 is 4.42 Å². The normalized spacial score (nSPS) is 17.3. The van der Waals surface area contributed by atoms with Crippen molar-refractivity contribution in [2.75, 3.05) is 6.54 Å². The summed E-state index contributed by atoms with van der Waals surface area (Å²) >= 11 is 7.18. The molecule has 3 aromatic rings. The van der Waals surface area contributed by atoms with Crippen LogP contribution in [0.3, 0.4) is 0 Å². The summed E-state index contributed by atoms with van der Waals surface area (Å²) < 4.78 is 6.93. The molecule has 0 radical (unpaired) electrons. The Hall–Kier alpha value is -2.65. The Labute approximate surface area is 176 Å². The molecule has 0 saturated carbocycles. The van der Waals surface area contributed by atoms with Gasteiger partial charge in [0, 0.05) is 17.1 Å². The van der Waals surface area contributed by atoms with Crippen LogP contribution in [0.2, 0.25) is 5.02 Å². The molecular weight excluding hydrogens is 414 g/mol. The third-order valence-corrected chi connectivity index (χ3v) is 6.09. The van der Waals surface area contributed by atoms with Gasteiger partial charge in [-0.1, -0.05) is 29.8 Å². The van der Waals surface area contributed by atoms with Gasteiger partial charge in [0.2, 0.25) is 11.1 Å². The smallest absolute Gasteiger partial charge is 0.260 e. The first-order valence-electron chi connectivity index (χ1n) is 9.18. The summed E-state index contributed by atoms with van der Waals surface area (Å²) in [6.45, 7) is 0.769. The largest absolute Gasteiger partial charge is 0.467 e. The molecule has 0 bridgehead atoms. The number of aromatic nitrogens is 4. The second kappa shape index (κ2) is 8.79. The Morgan fingerprint density at radius 2 is 2.07 bits per heavy atom. The second-order valence-electron chi connectivity index (χ2n) is 6.60. The molecule has 150 valence electrons. The molecule has 1 aliphatic heterocycles. The quantitative estimate of drug-likeness (QED) is 0.572. The van der Waals surface area contributed by atoms with Crippen LogP contribution in [0.4, 0.5) is 0 Å². The van der Waals surface area contributed by atoms with E-state index in [1.807, 2.05) is 6.07 Å². The number of likely N-dealkylation sites (tertiary alicyclic amines) is 1. The molecule has 1 atom stereocenters. The van der Waals surface area contributed by atoms with E-state index in [1.165, 1.54) is 16.7 Å². The van der Waals surface area contributed by atoms with Crippen LogP contribution in [0.15, 0.2) is 52.2 Å². The minimum absolute atomic E-state index is 0.222. The number of amides is 2. The van der Waals surface area contributed by atoms with E-state index < -0.39 is 5.25 Å². The van der Waals surface area contributed by atoms with Crippen molar-refractivity contribution < 1.29 is 14.0 Å². The van der Waals surface area contributed by atoms with Gasteiger partial charge in [-0.3, -0.25) is 14.5 Å². The van der Waals surface area contributed by atoms with Crippen LogP contribution >= 0.6 is 23.4 Å². The summed E-state index contributed by atoms with van der Waals surface area (Å²) in [6.07, 6.45) is 3.84. The minimum Gasteiger partial charge on any atom is -0.467 e. The van der Waals surface area contributed by atoms with Crippen LogP contribution in [0.25, 0.3) is 0 Å². The fraction of sp³-hybridized carbons (Fsp3) is 0.316. The van der Waals surface area contributed by atoms with Crippen LogP contribution in [0.1, 0.15) is 35.4 Å². The Balaban J connectivity index is 1.51. The molecule has 3 heterocycles. The number of imide groups is 1. The molecule has 1 aromatic carbocycles. The van der Waals surface area contributed by atoms with E-state index in [0.717, 1.165) is 12.8 Å². The number of furan rings is 1. The van der Waals surface area contributed by atoms with Crippen molar-refractivity contribution in [2.45, 2.75) is 36.2 Å². The highest BCUT2D eigenvalue weighted by Crippen LogP contribution is 2.29. The fourth-order valence-electron chi connectivity index (χ4n) is 3.12. The first kappa shape index (κ1) is 19.7. The Morgan fingerprint density at radius 1 is 1.24 bits per heavy atom. The molecule has 8 nitrogen and oxygen atoms in total. The topological polar surface area (TPSA) is 94.1 Å². The molecule has 0 aliphatic carbocycles. The van der Waals surface area contributed by atoms with Crippen LogP contribution in [-0.4, -0.2) is 48.7 Å². The molecule has 1 saturated heterocycles. The lowest BCUT2D eigenvalue weighted by atomic mass is 10.2. The number of benzene rings is 1. The molecule has 1 fully saturated rings. The zero-order chi connectivity index (χ0) is 20.2. The molecule has 0 N–H and O–H groups in total. The van der Waals surface area contributed by atoms with Crippen molar-refractivity contribution in [3.05, 3.63) is 59.0 Å². The highest BCUT2D eigenvalue weighted by Gasteiger charge is 2.33. The summed E-state index contributed by atoms with van der Waals surface area (Å²) in [5.74, 6) is 0.181. The number of rotatable bonds is 5. The van der Waals surface area contributed by atoms with Crippen LogP contribution < -0.4 is 0 Å². The van der Waals surface area contributed by atoms with E-state index in [9.17, 15) is 9.59 Å². The number of halogens is 1. The minimum atomic E-state index is -0.435. The van der Waals surface area contributed by atoms with Gasteiger partial charge in [-0.2, -0.15) is 0 Å². The van der Waals surface area contributed by atoms with Crippen molar-refractivity contribution in [3.8, 4) is 0 Å². The van der Waals surface area contributed by atoms with Gasteiger partial charge in [-0.25, -0.2) is 4.68 Å². The number of hydrogen-bond donors (Lipinski definition) is 0. The summed E-state index contributed by atoms with van der Waals surface area (Å²) in [5, 5.41) is 12.4. The van der Waals surface area contributed by atoms with E-state index >= 15 is 0 Å². The highest BCUT2D eigenvalue weighted by molar-refractivity contribution is 8.00. The standard InChI is InChI=1S/C19H18ClN5O3S/c20-14-8-6-13(7-9-14)17(26)24-10-2-1-5-16(18(24)27)29-19-21-22-23-25(19)12-15-4-3-11-28-15/h3-4,6-9,11,16H,1-2,5,10,12H2. The lowest BCUT2D eigenvalue weighted by molar-refractivity contribution is -0.127. The lowest BCUT2D eigenvalue weighted by Crippen LogP contribution is -2.41. The van der Waals surface area contributed by atoms with E-state index in [0.29, 0.717) is 41.0 Å². The van der Waals surface area contributed by atoms with E-state index in [-0.39, 0.29) is 11.8 Å². The first-order valence-corrected chi connectivity index (χ1v) is 10.4. The number of carbonyl (C=O) groups excluding carboxylic acids is 2. The first-order chi connectivity index (χ1) is 14.1. The molecule has 10 heteroatoms. The summed E-state index contributed by atoms with van der Waals surface area (Å²) in [4.78, 5) is 27.4. The van der Waals surface area contributed by atoms with E-state index in [4.69, 9.17) is 16.0 Å². The Bertz CT molecular complexity index is 990. The molecule has 2 aromatic heterocycles. The highest BCUT2D eigenvalue weighted by atomic mass is 35.5. The number of tetrazole rings is 1. The zero-order valence-electron chi connectivity index (χ0n) is 15.4. The maximum Gasteiger partial charge on any atom is 0.260 e. The summed E-state index contributed by atoms with van der Waals surface area (Å²) in [5.41, 5.74) is 0.441. The molecule has 1 unspecified atom stereocenters. The number of carbonyl (C=O) groups is 2. The SMILES string of the molecule is O=C(c1ccc(Cl)cc1)N1CCCCC(Sc2nnnn2Cc2ccco2)C1=O. The van der Waals surface area contributed by atoms with Gasteiger partial charge in [0.1, 0.15) is 12.3 Å². The van der Waals surface area contributed by atoms with Crippen LogP contribution in [-0.2, 0) is 11.3 Å². The van der Waals surface area contributed by atoms with Gasteiger partial charge in [-0.05, 0) is 59.7 Å². The molecule has 1 aliphatic rings. The average molecular weight is 432 g/mol. The zero-order valence-corrected chi connectivity index (χ0v) is 17.0. The molecular formula is C19H18ClN5O3S. The Morgan fingerprint density at radius 3 is 2.83 bits per heavy atom. The lowest BCUT2D eigenvalue weighted by Gasteiger charge is -2.22. The third-order valence-electron chi connectivity index (χ3n) is 4.61. The molecule has 4 rings (SSSR count). The molecule has 0 spiro atoms. The maximum absolute atomic E-state index is 13.1. The van der Waals surface area contributed by atoms with E-state index in [1.54, 1.807) is 41.3 Å². The Kier molecular flexibility index (Phi) is 5.96. The van der Waals surface area contributed by atoms with E-state index in [2.05, 4.69) is 15.5 Å². The summed E-state index contributed by atoms with van der Waals surface area (Å²) in [7, 11) is 0. The number of hydrogen-bond acceptors (Lipinski definition) is 7. The maximum atomic E-state index is 13.1. The average Bonchev–Trinajstić information content (AvgIpc) is 3.35. The predicted molar refractivity (Wildman–Crippen MR) is 107 cm³/mol. The predicted octanol–water partition coefficient (Wildman–Crippen LogP) is 3.28. The fourth-order valence-corrected chi connectivity index (χ4v) is 4.32. The number of nitrogens with zero attached hydrogens (tertiary/aromatic N) is 5. The van der Waals surface area contributed by atoms with Crippen molar-refractivity contribution >= 4 is 35.2 Å². The van der Waals surface area contributed by atoms with Crippen LogP contribution in [0, 0.1) is 0 Å². The van der Waals surface area contributed by atoms with Crippen molar-refractivity contribution in [3.63, 3.8) is 0 Å². The van der Waals surface area contributed by atoms with Gasteiger partial charge in [-0.15, -0.1) is 5.10 Å². The van der Waals surface area contributed by atoms with Crippen molar-refractivity contribution in [1.29, 1.82) is 0 Å². The third kappa shape index (κ3) is 4.51.